The molecule has 1 saturated carbocycles. The van der Waals surface area contributed by atoms with Crippen LogP contribution in [0.1, 0.15) is 40.0 Å². The minimum atomic E-state index is -0.954. The first-order valence-corrected chi connectivity index (χ1v) is 4.39. The Bertz CT molecular complexity index is 152. The van der Waals surface area contributed by atoms with Gasteiger partial charge in [0.05, 0.1) is 0 Å². The molecule has 0 saturated heterocycles. The first-order valence-electron chi connectivity index (χ1n) is 4.39. The van der Waals surface area contributed by atoms with E-state index in [4.69, 9.17) is 5.73 Å². The maximum absolute atomic E-state index is 9.85. The lowest BCUT2D eigenvalue weighted by Crippen LogP contribution is -2.57. The second kappa shape index (κ2) is 2.46. The van der Waals surface area contributed by atoms with Crippen molar-refractivity contribution in [3.8, 4) is 0 Å². The van der Waals surface area contributed by atoms with Crippen LogP contribution in [-0.2, 0) is 0 Å². The molecular formula is C9H19NO. The van der Waals surface area contributed by atoms with Gasteiger partial charge in [0.25, 0.3) is 0 Å². The molecule has 0 aliphatic heterocycles. The molecule has 1 aliphatic carbocycles. The van der Waals surface area contributed by atoms with Crippen LogP contribution in [0.2, 0.25) is 0 Å². The molecule has 2 nitrogen and oxygen atoms in total. The standard InChI is InChI=1S/C9H19NO/c1-7-5-4-6-9(10,11)8(7,2)3/h7,11H,4-6,10H2,1-3H3. The Kier molecular flexibility index (Phi) is 2.01. The molecule has 0 radical (unpaired) electrons. The van der Waals surface area contributed by atoms with E-state index in [0.29, 0.717) is 5.92 Å². The average Bonchev–Trinajstić information content (AvgIpc) is 1.84. The third kappa shape index (κ3) is 1.30. The minimum absolute atomic E-state index is 0.134. The van der Waals surface area contributed by atoms with E-state index < -0.39 is 5.72 Å². The monoisotopic (exact) mass is 157 g/mol. The van der Waals surface area contributed by atoms with Crippen molar-refractivity contribution in [1.29, 1.82) is 0 Å². The molecule has 11 heavy (non-hydrogen) atoms. The zero-order valence-electron chi connectivity index (χ0n) is 7.72. The highest BCUT2D eigenvalue weighted by Crippen LogP contribution is 2.44. The molecule has 2 unspecified atom stereocenters. The number of hydrogen-bond donors (Lipinski definition) is 2. The summed E-state index contributed by atoms with van der Waals surface area (Å²) in [7, 11) is 0. The van der Waals surface area contributed by atoms with Crippen LogP contribution < -0.4 is 5.73 Å². The van der Waals surface area contributed by atoms with Crippen LogP contribution in [0.5, 0.6) is 0 Å². The Morgan fingerprint density at radius 2 is 2.00 bits per heavy atom. The molecule has 1 aliphatic rings. The maximum atomic E-state index is 9.85. The predicted octanol–water partition coefficient (Wildman–Crippen LogP) is 1.48. The number of rotatable bonds is 0. The van der Waals surface area contributed by atoms with Gasteiger partial charge in [-0.1, -0.05) is 20.8 Å². The second-order valence-electron chi connectivity index (χ2n) is 4.44. The van der Waals surface area contributed by atoms with Gasteiger partial charge in [0.1, 0.15) is 5.72 Å². The van der Waals surface area contributed by atoms with E-state index in [1.807, 2.05) is 0 Å². The normalized spacial score (nSPS) is 43.9. The summed E-state index contributed by atoms with van der Waals surface area (Å²) in [5.74, 6) is 0.520. The summed E-state index contributed by atoms with van der Waals surface area (Å²) in [6.45, 7) is 6.27. The van der Waals surface area contributed by atoms with Gasteiger partial charge in [0.2, 0.25) is 0 Å². The third-order valence-corrected chi connectivity index (χ3v) is 3.54. The predicted molar refractivity (Wildman–Crippen MR) is 45.9 cm³/mol. The highest BCUT2D eigenvalue weighted by Gasteiger charge is 2.46. The Hall–Kier alpha value is -0.0800. The van der Waals surface area contributed by atoms with Crippen molar-refractivity contribution in [2.45, 2.75) is 45.8 Å². The van der Waals surface area contributed by atoms with E-state index in [9.17, 15) is 5.11 Å². The second-order valence-corrected chi connectivity index (χ2v) is 4.44. The van der Waals surface area contributed by atoms with E-state index in [0.717, 1.165) is 12.8 Å². The summed E-state index contributed by atoms with van der Waals surface area (Å²) in [6, 6.07) is 0. The summed E-state index contributed by atoms with van der Waals surface area (Å²) in [4.78, 5) is 0. The van der Waals surface area contributed by atoms with Crippen LogP contribution in [0.25, 0.3) is 0 Å². The molecule has 0 aromatic heterocycles. The zero-order chi connectivity index (χ0) is 8.70. The third-order valence-electron chi connectivity index (χ3n) is 3.54. The van der Waals surface area contributed by atoms with Crippen molar-refractivity contribution in [2.75, 3.05) is 0 Å². The molecule has 0 aromatic carbocycles. The fourth-order valence-electron chi connectivity index (χ4n) is 1.79. The summed E-state index contributed by atoms with van der Waals surface area (Å²) in [6.07, 6.45) is 2.98. The number of nitrogens with two attached hydrogens (primary N) is 1. The SMILES string of the molecule is CC1CCCC(N)(O)C1(C)C. The Morgan fingerprint density at radius 1 is 1.45 bits per heavy atom. The van der Waals surface area contributed by atoms with Crippen LogP contribution in [-0.4, -0.2) is 10.8 Å². The molecule has 3 N–H and O–H groups in total. The van der Waals surface area contributed by atoms with E-state index in [1.54, 1.807) is 0 Å². The first kappa shape index (κ1) is 9.01. The topological polar surface area (TPSA) is 46.2 Å². The van der Waals surface area contributed by atoms with Crippen LogP contribution in [0.4, 0.5) is 0 Å². The summed E-state index contributed by atoms with van der Waals surface area (Å²) >= 11 is 0. The van der Waals surface area contributed by atoms with Crippen LogP contribution in [0, 0.1) is 11.3 Å². The van der Waals surface area contributed by atoms with Crippen molar-refractivity contribution >= 4 is 0 Å². The largest absolute Gasteiger partial charge is 0.376 e. The first-order chi connectivity index (χ1) is 4.88. The van der Waals surface area contributed by atoms with E-state index >= 15 is 0 Å². The van der Waals surface area contributed by atoms with E-state index in [1.165, 1.54) is 6.42 Å². The highest BCUT2D eigenvalue weighted by molar-refractivity contribution is 4.95. The summed E-state index contributed by atoms with van der Waals surface area (Å²) < 4.78 is 0. The summed E-state index contributed by atoms with van der Waals surface area (Å²) in [5, 5.41) is 9.85. The zero-order valence-corrected chi connectivity index (χ0v) is 7.72. The Labute approximate surface area is 68.8 Å². The Balaban J connectivity index is 2.82. The minimum Gasteiger partial charge on any atom is -0.376 e. The van der Waals surface area contributed by atoms with Gasteiger partial charge in [-0.15, -0.1) is 0 Å². The van der Waals surface area contributed by atoms with E-state index in [-0.39, 0.29) is 5.41 Å². The van der Waals surface area contributed by atoms with Crippen molar-refractivity contribution < 1.29 is 5.11 Å². The van der Waals surface area contributed by atoms with Crippen molar-refractivity contribution in [1.82, 2.24) is 0 Å². The van der Waals surface area contributed by atoms with Gasteiger partial charge in [-0.3, -0.25) is 0 Å². The van der Waals surface area contributed by atoms with Gasteiger partial charge < -0.3 is 10.8 Å². The van der Waals surface area contributed by atoms with Gasteiger partial charge in [-0.05, 0) is 25.2 Å². The van der Waals surface area contributed by atoms with Crippen LogP contribution in [0.15, 0.2) is 0 Å². The molecule has 66 valence electrons. The molecule has 0 spiro atoms. The van der Waals surface area contributed by atoms with Gasteiger partial charge in [-0.2, -0.15) is 0 Å². The lowest BCUT2D eigenvalue weighted by molar-refractivity contribution is -0.118. The fourth-order valence-corrected chi connectivity index (χ4v) is 1.79. The molecular weight excluding hydrogens is 138 g/mol. The molecule has 2 atom stereocenters. The molecule has 1 rings (SSSR count). The maximum Gasteiger partial charge on any atom is 0.118 e. The van der Waals surface area contributed by atoms with E-state index in [2.05, 4.69) is 20.8 Å². The molecule has 1 fully saturated rings. The molecule has 0 aromatic rings. The van der Waals surface area contributed by atoms with Gasteiger partial charge in [-0.25, -0.2) is 0 Å². The van der Waals surface area contributed by atoms with Gasteiger partial charge >= 0.3 is 0 Å². The quantitative estimate of drug-likeness (QED) is 0.523. The van der Waals surface area contributed by atoms with Gasteiger partial charge in [0.15, 0.2) is 0 Å². The number of aliphatic hydroxyl groups is 1. The lowest BCUT2D eigenvalue weighted by atomic mass is 9.64. The fraction of sp³-hybridized carbons (Fsp3) is 1.00. The smallest absolute Gasteiger partial charge is 0.118 e. The van der Waals surface area contributed by atoms with Crippen LogP contribution in [0.3, 0.4) is 0 Å². The average molecular weight is 157 g/mol. The molecule has 0 heterocycles. The van der Waals surface area contributed by atoms with Crippen LogP contribution >= 0.6 is 0 Å². The molecule has 2 heteroatoms. The van der Waals surface area contributed by atoms with Gasteiger partial charge in [0, 0.05) is 5.41 Å². The van der Waals surface area contributed by atoms with Crippen molar-refractivity contribution in [3.05, 3.63) is 0 Å². The Morgan fingerprint density at radius 3 is 2.36 bits per heavy atom. The van der Waals surface area contributed by atoms with Crippen molar-refractivity contribution in [2.24, 2.45) is 17.1 Å². The molecule has 0 amide bonds. The number of hydrogen-bond acceptors (Lipinski definition) is 2. The summed E-state index contributed by atoms with van der Waals surface area (Å²) in [5.41, 5.74) is 4.71. The van der Waals surface area contributed by atoms with Crippen molar-refractivity contribution in [3.63, 3.8) is 0 Å². The molecule has 0 bridgehead atoms. The highest BCUT2D eigenvalue weighted by atomic mass is 16.3. The lowest BCUT2D eigenvalue weighted by Gasteiger charge is -2.48.